The number of nitrogens with zero attached hydrogens (tertiary/aromatic N) is 2. The zero-order chi connectivity index (χ0) is 26.4. The first kappa shape index (κ1) is 25.4. The van der Waals surface area contributed by atoms with E-state index < -0.39 is 10.0 Å². The van der Waals surface area contributed by atoms with Crippen LogP contribution in [-0.2, 0) is 21.2 Å². The van der Waals surface area contributed by atoms with Crippen molar-refractivity contribution in [2.75, 3.05) is 29.0 Å². The van der Waals surface area contributed by atoms with E-state index in [9.17, 15) is 13.2 Å². The first-order valence-corrected chi connectivity index (χ1v) is 13.9. The lowest BCUT2D eigenvalue weighted by Crippen LogP contribution is -2.26. The summed E-state index contributed by atoms with van der Waals surface area (Å²) >= 11 is 0. The van der Waals surface area contributed by atoms with Crippen molar-refractivity contribution in [3.63, 3.8) is 0 Å². The number of rotatable bonds is 5. The molecule has 0 saturated heterocycles. The summed E-state index contributed by atoms with van der Waals surface area (Å²) in [7, 11) is -3.60. The molecule has 0 spiro atoms. The highest BCUT2D eigenvalue weighted by Gasteiger charge is 2.16. The van der Waals surface area contributed by atoms with Crippen LogP contribution in [0.15, 0.2) is 90.0 Å². The molecule has 0 aliphatic carbocycles. The summed E-state index contributed by atoms with van der Waals surface area (Å²) in [5, 5.41) is 9.33. The lowest BCUT2D eigenvalue weighted by Gasteiger charge is -2.13. The quantitative estimate of drug-likeness (QED) is 0.299. The highest BCUT2D eigenvalue weighted by molar-refractivity contribution is 7.89. The minimum absolute atomic E-state index is 0.0277. The van der Waals surface area contributed by atoms with Crippen molar-refractivity contribution < 1.29 is 13.2 Å². The van der Waals surface area contributed by atoms with Crippen molar-refractivity contribution in [2.24, 2.45) is 0 Å². The van der Waals surface area contributed by atoms with Gasteiger partial charge in [-0.05, 0) is 54.3 Å². The van der Waals surface area contributed by atoms with E-state index in [1.165, 1.54) is 0 Å². The Hall–Kier alpha value is -4.28. The molecule has 194 valence electrons. The molecule has 4 N–H and O–H groups in total. The van der Waals surface area contributed by atoms with Crippen LogP contribution in [0.25, 0.3) is 11.1 Å². The Balaban J connectivity index is 1.31. The zero-order valence-electron chi connectivity index (χ0n) is 20.6. The van der Waals surface area contributed by atoms with E-state index in [-0.39, 0.29) is 10.8 Å². The van der Waals surface area contributed by atoms with Crippen molar-refractivity contribution in [1.82, 2.24) is 14.7 Å². The van der Waals surface area contributed by atoms with Gasteiger partial charge in [0.15, 0.2) is 0 Å². The van der Waals surface area contributed by atoms with Crippen molar-refractivity contribution in [2.45, 2.75) is 24.2 Å². The van der Waals surface area contributed by atoms with Crippen LogP contribution in [0.2, 0.25) is 0 Å². The Morgan fingerprint density at radius 2 is 1.76 bits per heavy atom. The van der Waals surface area contributed by atoms with Gasteiger partial charge in [0.1, 0.15) is 5.82 Å². The Labute approximate surface area is 221 Å². The molecule has 0 radical (unpaired) electrons. The number of aryl methyl sites for hydroxylation is 1. The summed E-state index contributed by atoms with van der Waals surface area (Å²) in [6.45, 7) is 0.824. The van der Waals surface area contributed by atoms with Crippen molar-refractivity contribution in [3.05, 3.63) is 90.6 Å². The molecule has 5 rings (SSSR count). The Kier molecular flexibility index (Phi) is 7.62. The number of anilines is 4. The summed E-state index contributed by atoms with van der Waals surface area (Å²) in [5.74, 6) is 0.981. The van der Waals surface area contributed by atoms with E-state index in [4.69, 9.17) is 0 Å². The lowest BCUT2D eigenvalue weighted by atomic mass is 10.0. The van der Waals surface area contributed by atoms with Crippen LogP contribution in [0.1, 0.15) is 18.4 Å². The summed E-state index contributed by atoms with van der Waals surface area (Å²) in [5.41, 5.74) is 4.18. The molecule has 10 heteroatoms. The van der Waals surface area contributed by atoms with Crippen molar-refractivity contribution >= 4 is 39.1 Å². The monoisotopic (exact) mass is 528 g/mol. The van der Waals surface area contributed by atoms with Crippen molar-refractivity contribution in [1.29, 1.82) is 0 Å². The number of hydrogen-bond donors (Lipinski definition) is 4. The maximum absolute atomic E-state index is 12.6. The fourth-order valence-corrected chi connectivity index (χ4v) is 5.22. The molecule has 2 heterocycles. The number of amides is 1. The highest BCUT2D eigenvalue weighted by Crippen LogP contribution is 2.28. The minimum atomic E-state index is -3.60. The smallest absolute Gasteiger partial charge is 0.240 e. The van der Waals surface area contributed by atoms with E-state index >= 15 is 0 Å². The number of fused-ring (bicyclic) bond motifs is 4. The van der Waals surface area contributed by atoms with Crippen LogP contribution in [0.3, 0.4) is 0 Å². The maximum atomic E-state index is 12.6. The van der Waals surface area contributed by atoms with Crippen LogP contribution in [0.4, 0.5) is 23.1 Å². The molecule has 0 unspecified atom stereocenters. The third kappa shape index (κ3) is 6.34. The Bertz CT molecular complexity index is 1530. The SMILES string of the molecule is O=C(CCc1ccc(-c2cnc3nc2NCCCNS(=O)(=O)c2cccc(c2)N3)cc1)Nc1ccccc1. The van der Waals surface area contributed by atoms with Gasteiger partial charge in [-0.3, -0.25) is 4.79 Å². The number of carbonyl (C=O) groups excluding carboxylic acids is 1. The molecule has 3 aromatic carbocycles. The molecular weight excluding hydrogens is 500 g/mol. The zero-order valence-corrected chi connectivity index (χ0v) is 21.5. The number of hydrogen-bond acceptors (Lipinski definition) is 7. The molecule has 4 aromatic rings. The van der Waals surface area contributed by atoms with E-state index in [0.29, 0.717) is 49.8 Å². The lowest BCUT2D eigenvalue weighted by molar-refractivity contribution is -0.116. The standard InChI is InChI=1S/C28H28N6O3S/c35-26(32-22-6-2-1-3-7-22)15-12-20-10-13-21(14-11-20)25-19-30-28-33-23-8-4-9-24(18-23)38(36,37)31-17-5-16-29-27(25)34-28/h1-4,6-11,13-14,18-19,31H,5,12,15-17H2,(H,32,35)(H2,29,30,33,34). The van der Waals surface area contributed by atoms with Crippen LogP contribution in [-0.4, -0.2) is 37.4 Å². The predicted octanol–water partition coefficient (Wildman–Crippen LogP) is 4.55. The van der Waals surface area contributed by atoms with Gasteiger partial charge in [0.2, 0.25) is 21.9 Å². The number of aromatic nitrogens is 2. The number of benzene rings is 3. The number of sulfonamides is 1. The molecule has 0 saturated carbocycles. The van der Waals surface area contributed by atoms with Crippen LogP contribution in [0, 0.1) is 0 Å². The second-order valence-corrected chi connectivity index (χ2v) is 10.7. The molecule has 0 atom stereocenters. The topological polar surface area (TPSA) is 125 Å². The van der Waals surface area contributed by atoms with Crippen molar-refractivity contribution in [3.8, 4) is 11.1 Å². The second kappa shape index (κ2) is 11.4. The molecule has 9 nitrogen and oxygen atoms in total. The summed E-state index contributed by atoms with van der Waals surface area (Å²) in [4.78, 5) is 21.6. The molecule has 0 fully saturated rings. The van der Waals surface area contributed by atoms with Gasteiger partial charge < -0.3 is 16.0 Å². The molecule has 1 aromatic heterocycles. The van der Waals surface area contributed by atoms with E-state index in [0.717, 1.165) is 22.4 Å². The second-order valence-electron chi connectivity index (χ2n) is 8.90. The number of carbonyl (C=O) groups is 1. The Morgan fingerprint density at radius 3 is 2.58 bits per heavy atom. The van der Waals surface area contributed by atoms with E-state index in [1.54, 1.807) is 30.5 Å². The largest absolute Gasteiger partial charge is 0.369 e. The molecule has 38 heavy (non-hydrogen) atoms. The van der Waals surface area contributed by atoms with E-state index in [2.05, 4.69) is 30.6 Å². The third-order valence-electron chi connectivity index (χ3n) is 6.09. The molecule has 4 bridgehead atoms. The van der Waals surface area contributed by atoms with Gasteiger partial charge in [-0.2, -0.15) is 4.98 Å². The first-order chi connectivity index (χ1) is 18.5. The predicted molar refractivity (Wildman–Crippen MR) is 149 cm³/mol. The van der Waals surface area contributed by atoms with Crippen LogP contribution >= 0.6 is 0 Å². The Morgan fingerprint density at radius 1 is 0.947 bits per heavy atom. The summed E-state index contributed by atoms with van der Waals surface area (Å²) < 4.78 is 27.8. The van der Waals surface area contributed by atoms with Gasteiger partial charge in [0.25, 0.3) is 0 Å². The van der Waals surface area contributed by atoms with Gasteiger partial charge in [0.05, 0.1) is 4.90 Å². The van der Waals surface area contributed by atoms with E-state index in [1.807, 2.05) is 54.6 Å². The normalized spacial score (nSPS) is 14.5. The number of para-hydroxylation sites is 1. The summed E-state index contributed by atoms with van der Waals surface area (Å²) in [6.07, 6.45) is 3.33. The highest BCUT2D eigenvalue weighted by atomic mass is 32.2. The van der Waals surface area contributed by atoms with Crippen LogP contribution in [0.5, 0.6) is 0 Å². The number of nitrogens with one attached hydrogen (secondary N) is 4. The maximum Gasteiger partial charge on any atom is 0.240 e. The molecule has 1 aliphatic heterocycles. The summed E-state index contributed by atoms with van der Waals surface area (Å²) in [6, 6.07) is 24.0. The third-order valence-corrected chi connectivity index (χ3v) is 7.55. The van der Waals surface area contributed by atoms with Gasteiger partial charge >= 0.3 is 0 Å². The average molecular weight is 529 g/mol. The van der Waals surface area contributed by atoms with Gasteiger partial charge in [-0.1, -0.05) is 48.5 Å². The van der Waals surface area contributed by atoms with Gasteiger partial charge in [0, 0.05) is 42.6 Å². The minimum Gasteiger partial charge on any atom is -0.369 e. The van der Waals surface area contributed by atoms with Gasteiger partial charge in [-0.25, -0.2) is 18.1 Å². The van der Waals surface area contributed by atoms with Crippen LogP contribution < -0.4 is 20.7 Å². The molecular formula is C28H28N6O3S. The molecule has 1 aliphatic rings. The average Bonchev–Trinajstić information content (AvgIpc) is 2.93. The first-order valence-electron chi connectivity index (χ1n) is 12.4. The van der Waals surface area contributed by atoms with Gasteiger partial charge in [-0.15, -0.1) is 0 Å². The molecule has 1 amide bonds. The fourth-order valence-electron chi connectivity index (χ4n) is 4.10. The fraction of sp³-hybridized carbons (Fsp3) is 0.179.